The van der Waals surface area contributed by atoms with E-state index in [1.54, 1.807) is 35.4 Å². The Morgan fingerprint density at radius 3 is 2.50 bits per heavy atom. The SMILES string of the molecule is O=C(NCc1ccco1)[C@@H]1CC[C@H](c2ccccc2)N(C(=O)c2ccccc2F)C1. The van der Waals surface area contributed by atoms with Gasteiger partial charge < -0.3 is 14.6 Å². The Balaban J connectivity index is 1.55. The van der Waals surface area contributed by atoms with Crippen molar-refractivity contribution in [2.75, 3.05) is 6.54 Å². The first-order valence-corrected chi connectivity index (χ1v) is 10.0. The molecular formula is C24H23FN2O3. The van der Waals surface area contributed by atoms with E-state index in [1.807, 2.05) is 30.3 Å². The van der Waals surface area contributed by atoms with E-state index in [0.29, 0.717) is 25.1 Å². The Morgan fingerprint density at radius 1 is 1.00 bits per heavy atom. The number of carbonyl (C=O) groups is 2. The number of rotatable bonds is 5. The number of furan rings is 1. The van der Waals surface area contributed by atoms with Crippen LogP contribution in [0.4, 0.5) is 4.39 Å². The molecule has 1 fully saturated rings. The summed E-state index contributed by atoms with van der Waals surface area (Å²) in [6.45, 7) is 0.530. The first-order chi connectivity index (χ1) is 14.6. The van der Waals surface area contributed by atoms with Crippen molar-refractivity contribution >= 4 is 11.8 Å². The molecule has 4 rings (SSSR count). The third kappa shape index (κ3) is 4.27. The summed E-state index contributed by atoms with van der Waals surface area (Å²) in [5.74, 6) is -0.787. The van der Waals surface area contributed by atoms with Crippen LogP contribution in [0.25, 0.3) is 0 Å². The second-order valence-corrected chi connectivity index (χ2v) is 7.44. The van der Waals surface area contributed by atoms with E-state index < -0.39 is 11.7 Å². The molecule has 3 aromatic rings. The Kier molecular flexibility index (Phi) is 5.93. The fourth-order valence-electron chi connectivity index (χ4n) is 3.95. The maximum atomic E-state index is 14.3. The average Bonchev–Trinajstić information content (AvgIpc) is 3.31. The van der Waals surface area contributed by atoms with E-state index in [1.165, 1.54) is 12.1 Å². The van der Waals surface area contributed by atoms with E-state index in [-0.39, 0.29) is 30.0 Å². The first kappa shape index (κ1) is 19.9. The van der Waals surface area contributed by atoms with E-state index in [4.69, 9.17) is 4.42 Å². The number of halogens is 1. The quantitative estimate of drug-likeness (QED) is 0.686. The van der Waals surface area contributed by atoms with Crippen molar-refractivity contribution in [3.05, 3.63) is 95.7 Å². The summed E-state index contributed by atoms with van der Waals surface area (Å²) in [7, 11) is 0. The number of carbonyl (C=O) groups excluding carboxylic acids is 2. The highest BCUT2D eigenvalue weighted by molar-refractivity contribution is 5.95. The number of nitrogens with zero attached hydrogens (tertiary/aromatic N) is 1. The molecule has 0 unspecified atom stereocenters. The Bertz CT molecular complexity index is 1000. The molecule has 5 nitrogen and oxygen atoms in total. The van der Waals surface area contributed by atoms with Gasteiger partial charge >= 0.3 is 0 Å². The maximum absolute atomic E-state index is 14.3. The zero-order valence-electron chi connectivity index (χ0n) is 16.5. The number of likely N-dealkylation sites (tertiary alicyclic amines) is 1. The van der Waals surface area contributed by atoms with Crippen LogP contribution < -0.4 is 5.32 Å². The third-order valence-electron chi connectivity index (χ3n) is 5.52. The molecule has 1 aromatic heterocycles. The number of nitrogens with one attached hydrogen (secondary N) is 1. The van der Waals surface area contributed by atoms with Crippen LogP contribution in [0, 0.1) is 11.7 Å². The van der Waals surface area contributed by atoms with Gasteiger partial charge in [0.25, 0.3) is 5.91 Å². The lowest BCUT2D eigenvalue weighted by Crippen LogP contribution is -2.47. The van der Waals surface area contributed by atoms with Crippen molar-refractivity contribution in [2.45, 2.75) is 25.4 Å². The molecule has 2 amide bonds. The highest BCUT2D eigenvalue weighted by Gasteiger charge is 2.36. The molecule has 2 atom stereocenters. The topological polar surface area (TPSA) is 62.6 Å². The van der Waals surface area contributed by atoms with Gasteiger partial charge in [-0.1, -0.05) is 42.5 Å². The van der Waals surface area contributed by atoms with Gasteiger partial charge in [0.2, 0.25) is 5.91 Å². The number of hydrogen-bond acceptors (Lipinski definition) is 3. The summed E-state index contributed by atoms with van der Waals surface area (Å²) in [5, 5.41) is 2.88. The molecule has 1 aliphatic rings. The number of hydrogen-bond donors (Lipinski definition) is 1. The lowest BCUT2D eigenvalue weighted by Gasteiger charge is -2.39. The number of piperidine rings is 1. The number of amides is 2. The zero-order chi connectivity index (χ0) is 20.9. The summed E-state index contributed by atoms with van der Waals surface area (Å²) in [4.78, 5) is 27.6. The van der Waals surface area contributed by atoms with Gasteiger partial charge in [-0.3, -0.25) is 9.59 Å². The monoisotopic (exact) mass is 406 g/mol. The largest absolute Gasteiger partial charge is 0.467 e. The molecule has 6 heteroatoms. The molecule has 2 aromatic carbocycles. The minimum absolute atomic E-state index is 0.0232. The smallest absolute Gasteiger partial charge is 0.257 e. The summed E-state index contributed by atoms with van der Waals surface area (Å²) in [6.07, 6.45) is 2.83. The standard InChI is InChI=1S/C24H23FN2O3/c25-21-11-5-4-10-20(21)24(29)27-16-18(23(28)26-15-19-9-6-14-30-19)12-13-22(27)17-7-2-1-3-8-17/h1-11,14,18,22H,12-13,15-16H2,(H,26,28)/t18-,22-/m1/s1. The van der Waals surface area contributed by atoms with Gasteiger partial charge in [-0.2, -0.15) is 0 Å². The summed E-state index contributed by atoms with van der Waals surface area (Å²) < 4.78 is 19.6. The van der Waals surface area contributed by atoms with Crippen LogP contribution in [-0.2, 0) is 11.3 Å². The maximum Gasteiger partial charge on any atom is 0.257 e. The van der Waals surface area contributed by atoms with E-state index in [0.717, 1.165) is 5.56 Å². The lowest BCUT2D eigenvalue weighted by atomic mass is 9.87. The van der Waals surface area contributed by atoms with E-state index in [9.17, 15) is 14.0 Å². The first-order valence-electron chi connectivity index (χ1n) is 10.0. The minimum Gasteiger partial charge on any atom is -0.467 e. The minimum atomic E-state index is -0.557. The molecule has 0 spiro atoms. The molecular weight excluding hydrogens is 383 g/mol. The van der Waals surface area contributed by atoms with Crippen molar-refractivity contribution < 1.29 is 18.4 Å². The predicted octanol–water partition coefficient (Wildman–Crippen LogP) is 4.33. The van der Waals surface area contributed by atoms with Crippen molar-refractivity contribution in [2.24, 2.45) is 5.92 Å². The normalized spacial score (nSPS) is 18.8. The molecule has 0 bridgehead atoms. The molecule has 2 heterocycles. The molecule has 154 valence electrons. The van der Waals surface area contributed by atoms with Crippen LogP contribution in [-0.4, -0.2) is 23.3 Å². The molecule has 1 N–H and O–H groups in total. The van der Waals surface area contributed by atoms with Crippen LogP contribution in [0.1, 0.15) is 40.6 Å². The fourth-order valence-corrected chi connectivity index (χ4v) is 3.95. The molecule has 0 radical (unpaired) electrons. The highest BCUT2D eigenvalue weighted by atomic mass is 19.1. The molecule has 1 aliphatic heterocycles. The molecule has 1 saturated heterocycles. The van der Waals surface area contributed by atoms with Crippen molar-refractivity contribution in [3.63, 3.8) is 0 Å². The van der Waals surface area contributed by atoms with Crippen LogP contribution in [0.5, 0.6) is 0 Å². The second kappa shape index (κ2) is 8.95. The van der Waals surface area contributed by atoms with Gasteiger partial charge in [-0.15, -0.1) is 0 Å². The zero-order valence-corrected chi connectivity index (χ0v) is 16.5. The fraction of sp³-hybridized carbons (Fsp3) is 0.250. The van der Waals surface area contributed by atoms with Crippen LogP contribution in [0.2, 0.25) is 0 Å². The predicted molar refractivity (Wildman–Crippen MR) is 110 cm³/mol. The van der Waals surface area contributed by atoms with Crippen molar-refractivity contribution in [3.8, 4) is 0 Å². The van der Waals surface area contributed by atoms with Crippen LogP contribution >= 0.6 is 0 Å². The Morgan fingerprint density at radius 2 is 1.77 bits per heavy atom. The van der Waals surface area contributed by atoms with Gasteiger partial charge in [-0.05, 0) is 42.7 Å². The summed E-state index contributed by atoms with van der Waals surface area (Å²) >= 11 is 0. The van der Waals surface area contributed by atoms with Gasteiger partial charge in [0, 0.05) is 6.54 Å². The summed E-state index contributed by atoms with van der Waals surface area (Å²) in [5.41, 5.74) is 1.01. The average molecular weight is 406 g/mol. The molecule has 30 heavy (non-hydrogen) atoms. The van der Waals surface area contributed by atoms with Crippen LogP contribution in [0.3, 0.4) is 0 Å². The van der Waals surface area contributed by atoms with Gasteiger partial charge in [-0.25, -0.2) is 4.39 Å². The van der Waals surface area contributed by atoms with Gasteiger partial charge in [0.15, 0.2) is 0 Å². The number of benzene rings is 2. The lowest BCUT2D eigenvalue weighted by molar-refractivity contribution is -0.127. The Hall–Kier alpha value is -3.41. The Labute approximate surface area is 174 Å². The summed E-state index contributed by atoms with van der Waals surface area (Å²) in [6, 6.07) is 19.0. The van der Waals surface area contributed by atoms with Gasteiger partial charge in [0.05, 0.1) is 30.3 Å². The van der Waals surface area contributed by atoms with E-state index in [2.05, 4.69) is 5.32 Å². The van der Waals surface area contributed by atoms with E-state index >= 15 is 0 Å². The molecule has 0 saturated carbocycles. The van der Waals surface area contributed by atoms with Gasteiger partial charge in [0.1, 0.15) is 11.6 Å². The van der Waals surface area contributed by atoms with Crippen molar-refractivity contribution in [1.82, 2.24) is 10.2 Å². The van der Waals surface area contributed by atoms with Crippen molar-refractivity contribution in [1.29, 1.82) is 0 Å². The molecule has 0 aliphatic carbocycles. The van der Waals surface area contributed by atoms with Crippen LogP contribution in [0.15, 0.2) is 77.4 Å². The highest BCUT2D eigenvalue weighted by Crippen LogP contribution is 2.35. The second-order valence-electron chi connectivity index (χ2n) is 7.44. The third-order valence-corrected chi connectivity index (χ3v) is 5.52.